The standard InChI is InChI=1S/C11H20N2O5/c1-8(6-17-3)12(2)11(16)13-4-5-18-7-9(13)10(14)15/h8-9H,4-7H2,1-3H3,(H,14,15). The molecule has 0 aromatic carbocycles. The second kappa shape index (κ2) is 6.55. The predicted octanol–water partition coefficient (Wildman–Crippen LogP) is -0.141. The molecular formula is C11H20N2O5. The molecule has 1 fully saturated rings. The number of likely N-dealkylation sites (N-methyl/N-ethyl adjacent to an activating group) is 1. The van der Waals surface area contributed by atoms with Gasteiger partial charge in [0.05, 0.1) is 25.9 Å². The Balaban J connectivity index is 2.70. The zero-order chi connectivity index (χ0) is 13.7. The van der Waals surface area contributed by atoms with Gasteiger partial charge in [-0.3, -0.25) is 0 Å². The van der Waals surface area contributed by atoms with Crippen molar-refractivity contribution in [3.8, 4) is 0 Å². The molecule has 0 aromatic heterocycles. The van der Waals surface area contributed by atoms with Crippen LogP contribution >= 0.6 is 0 Å². The van der Waals surface area contributed by atoms with Crippen LogP contribution in [0.2, 0.25) is 0 Å². The largest absolute Gasteiger partial charge is 0.480 e. The molecule has 1 N–H and O–H groups in total. The number of carbonyl (C=O) groups is 2. The fourth-order valence-electron chi connectivity index (χ4n) is 1.78. The first kappa shape index (κ1) is 14.7. The number of morpholine rings is 1. The highest BCUT2D eigenvalue weighted by atomic mass is 16.5. The number of amides is 2. The summed E-state index contributed by atoms with van der Waals surface area (Å²) in [4.78, 5) is 26.1. The summed E-state index contributed by atoms with van der Waals surface area (Å²) in [5.41, 5.74) is 0. The van der Waals surface area contributed by atoms with Gasteiger partial charge < -0.3 is 24.4 Å². The molecule has 1 saturated heterocycles. The van der Waals surface area contributed by atoms with Crippen molar-refractivity contribution in [1.29, 1.82) is 0 Å². The third-order valence-corrected chi connectivity index (χ3v) is 3.03. The lowest BCUT2D eigenvalue weighted by Gasteiger charge is -2.37. The molecule has 0 radical (unpaired) electrons. The lowest BCUT2D eigenvalue weighted by Crippen LogP contribution is -2.57. The van der Waals surface area contributed by atoms with Gasteiger partial charge in [0.1, 0.15) is 0 Å². The maximum atomic E-state index is 12.2. The average Bonchev–Trinajstić information content (AvgIpc) is 2.37. The van der Waals surface area contributed by atoms with Gasteiger partial charge >= 0.3 is 12.0 Å². The van der Waals surface area contributed by atoms with E-state index in [1.165, 1.54) is 9.80 Å². The Bertz CT molecular complexity index is 310. The van der Waals surface area contributed by atoms with Gasteiger partial charge in [-0.1, -0.05) is 0 Å². The number of carbonyl (C=O) groups excluding carboxylic acids is 1. The van der Waals surface area contributed by atoms with Crippen LogP contribution in [0.1, 0.15) is 6.92 Å². The molecule has 2 unspecified atom stereocenters. The molecule has 0 bridgehead atoms. The van der Waals surface area contributed by atoms with E-state index in [-0.39, 0.29) is 18.7 Å². The number of rotatable bonds is 4. The summed E-state index contributed by atoms with van der Waals surface area (Å²) in [6.45, 7) is 2.94. The average molecular weight is 260 g/mol. The van der Waals surface area contributed by atoms with Crippen molar-refractivity contribution in [2.24, 2.45) is 0 Å². The van der Waals surface area contributed by atoms with E-state index in [9.17, 15) is 9.59 Å². The minimum absolute atomic E-state index is 0.0353. The van der Waals surface area contributed by atoms with E-state index in [0.717, 1.165) is 0 Å². The van der Waals surface area contributed by atoms with Gasteiger partial charge in [-0.05, 0) is 6.92 Å². The van der Waals surface area contributed by atoms with E-state index in [1.54, 1.807) is 14.2 Å². The SMILES string of the molecule is COCC(C)N(C)C(=O)N1CCOCC1C(=O)O. The maximum Gasteiger partial charge on any atom is 0.328 e. The van der Waals surface area contributed by atoms with Gasteiger partial charge in [0.25, 0.3) is 0 Å². The van der Waals surface area contributed by atoms with Crippen molar-refractivity contribution in [3.05, 3.63) is 0 Å². The summed E-state index contributed by atoms with van der Waals surface area (Å²) in [6, 6.07) is -1.33. The molecule has 2 amide bonds. The zero-order valence-corrected chi connectivity index (χ0v) is 11.0. The predicted molar refractivity (Wildman–Crippen MR) is 63.4 cm³/mol. The summed E-state index contributed by atoms with van der Waals surface area (Å²) in [7, 11) is 3.20. The van der Waals surface area contributed by atoms with Crippen LogP contribution in [0.25, 0.3) is 0 Å². The Hall–Kier alpha value is -1.34. The second-order valence-electron chi connectivity index (χ2n) is 4.32. The monoisotopic (exact) mass is 260 g/mol. The summed E-state index contributed by atoms with van der Waals surface area (Å²) in [5.74, 6) is -1.05. The number of ether oxygens (including phenoxy) is 2. The van der Waals surface area contributed by atoms with Gasteiger partial charge in [0.2, 0.25) is 0 Å². The molecule has 18 heavy (non-hydrogen) atoms. The minimum Gasteiger partial charge on any atom is -0.480 e. The van der Waals surface area contributed by atoms with Crippen molar-refractivity contribution >= 4 is 12.0 Å². The smallest absolute Gasteiger partial charge is 0.328 e. The van der Waals surface area contributed by atoms with Gasteiger partial charge in [0.15, 0.2) is 6.04 Å². The molecule has 2 atom stereocenters. The number of carboxylic acid groups (broad SMARTS) is 1. The molecule has 1 aliphatic heterocycles. The highest BCUT2D eigenvalue weighted by Crippen LogP contribution is 2.11. The van der Waals surface area contributed by atoms with E-state index in [1.807, 2.05) is 6.92 Å². The molecule has 1 heterocycles. The van der Waals surface area contributed by atoms with Gasteiger partial charge in [-0.2, -0.15) is 0 Å². The second-order valence-corrected chi connectivity index (χ2v) is 4.32. The van der Waals surface area contributed by atoms with E-state index >= 15 is 0 Å². The van der Waals surface area contributed by atoms with E-state index < -0.39 is 12.0 Å². The van der Waals surface area contributed by atoms with E-state index in [0.29, 0.717) is 19.8 Å². The highest BCUT2D eigenvalue weighted by Gasteiger charge is 2.35. The fraction of sp³-hybridized carbons (Fsp3) is 0.818. The Labute approximate surface area is 106 Å². The van der Waals surface area contributed by atoms with Gasteiger partial charge in [0, 0.05) is 20.7 Å². The van der Waals surface area contributed by atoms with Crippen LogP contribution in [0.5, 0.6) is 0 Å². The summed E-state index contributed by atoms with van der Waals surface area (Å²) in [6.07, 6.45) is 0. The summed E-state index contributed by atoms with van der Waals surface area (Å²) in [5, 5.41) is 9.06. The van der Waals surface area contributed by atoms with Crippen LogP contribution in [-0.2, 0) is 14.3 Å². The number of urea groups is 1. The third-order valence-electron chi connectivity index (χ3n) is 3.03. The van der Waals surface area contributed by atoms with Gasteiger partial charge in [-0.15, -0.1) is 0 Å². The van der Waals surface area contributed by atoms with Crippen LogP contribution < -0.4 is 0 Å². The Morgan fingerprint density at radius 3 is 2.83 bits per heavy atom. The van der Waals surface area contributed by atoms with Crippen molar-refractivity contribution in [2.45, 2.75) is 19.0 Å². The molecule has 0 aliphatic carbocycles. The first-order valence-corrected chi connectivity index (χ1v) is 5.82. The molecule has 0 aromatic rings. The number of carboxylic acids is 1. The molecule has 7 heteroatoms. The maximum absolute atomic E-state index is 12.2. The Morgan fingerprint density at radius 2 is 2.28 bits per heavy atom. The van der Waals surface area contributed by atoms with Crippen molar-refractivity contribution in [2.75, 3.05) is 40.5 Å². The first-order chi connectivity index (χ1) is 8.49. The normalized spacial score (nSPS) is 21.5. The van der Waals surface area contributed by atoms with E-state index in [4.69, 9.17) is 14.6 Å². The lowest BCUT2D eigenvalue weighted by molar-refractivity contribution is -0.147. The molecule has 0 spiro atoms. The van der Waals surface area contributed by atoms with Crippen LogP contribution in [0, 0.1) is 0 Å². The van der Waals surface area contributed by atoms with Crippen molar-refractivity contribution in [1.82, 2.24) is 9.80 Å². The Kier molecular flexibility index (Phi) is 5.36. The first-order valence-electron chi connectivity index (χ1n) is 5.82. The number of aliphatic carboxylic acids is 1. The molecule has 0 saturated carbocycles. The Morgan fingerprint density at radius 1 is 1.61 bits per heavy atom. The summed E-state index contributed by atoms with van der Waals surface area (Å²) >= 11 is 0. The molecule has 104 valence electrons. The topological polar surface area (TPSA) is 79.3 Å². The van der Waals surface area contributed by atoms with Crippen molar-refractivity contribution in [3.63, 3.8) is 0 Å². The summed E-state index contributed by atoms with van der Waals surface area (Å²) < 4.78 is 10.1. The highest BCUT2D eigenvalue weighted by molar-refractivity contribution is 5.83. The number of hydrogen-bond donors (Lipinski definition) is 1. The van der Waals surface area contributed by atoms with Crippen molar-refractivity contribution < 1.29 is 24.2 Å². The zero-order valence-electron chi connectivity index (χ0n) is 11.0. The van der Waals surface area contributed by atoms with Crippen LogP contribution in [0.4, 0.5) is 4.79 Å². The van der Waals surface area contributed by atoms with Crippen LogP contribution in [0.15, 0.2) is 0 Å². The number of hydrogen-bond acceptors (Lipinski definition) is 4. The van der Waals surface area contributed by atoms with E-state index in [2.05, 4.69) is 0 Å². The molecular weight excluding hydrogens is 240 g/mol. The molecule has 7 nitrogen and oxygen atoms in total. The molecule has 1 rings (SSSR count). The minimum atomic E-state index is -1.05. The fourth-order valence-corrected chi connectivity index (χ4v) is 1.78. The third kappa shape index (κ3) is 3.33. The van der Waals surface area contributed by atoms with Gasteiger partial charge in [-0.25, -0.2) is 9.59 Å². The lowest BCUT2D eigenvalue weighted by atomic mass is 10.2. The number of methoxy groups -OCH3 is 1. The molecule has 1 aliphatic rings. The van der Waals surface area contributed by atoms with Crippen LogP contribution in [-0.4, -0.2) is 79.5 Å². The quantitative estimate of drug-likeness (QED) is 0.761. The van der Waals surface area contributed by atoms with Crippen LogP contribution in [0.3, 0.4) is 0 Å². The number of nitrogens with zero attached hydrogens (tertiary/aromatic N) is 2.